The van der Waals surface area contributed by atoms with Crippen LogP contribution in [0.25, 0.3) is 11.1 Å². The Labute approximate surface area is 236 Å². The largest absolute Gasteiger partial charge is 1.00 e. The Morgan fingerprint density at radius 2 is 1.62 bits per heavy atom. The molecule has 0 radical (unpaired) electrons. The minimum absolute atomic E-state index is 0. The molecular formula is C31H40Cl2Zr-2. The normalized spacial score (nSPS) is 10.9. The molecular weight excluding hydrogens is 534 g/mol. The van der Waals surface area contributed by atoms with Crippen LogP contribution in [0.5, 0.6) is 0 Å². The average Bonchev–Trinajstić information content (AvgIpc) is 3.29. The second kappa shape index (κ2) is 15.3. The fourth-order valence-corrected chi connectivity index (χ4v) is 3.87. The first-order valence-corrected chi connectivity index (χ1v) is 13.1. The fourth-order valence-electron chi connectivity index (χ4n) is 3.87. The van der Waals surface area contributed by atoms with Gasteiger partial charge in [0.25, 0.3) is 0 Å². The van der Waals surface area contributed by atoms with Crippen molar-refractivity contribution in [2.75, 3.05) is 0 Å². The number of fused-ring (bicyclic) bond motifs is 3. The summed E-state index contributed by atoms with van der Waals surface area (Å²) in [5.41, 5.74) is 11.4. The summed E-state index contributed by atoms with van der Waals surface area (Å²) in [4.78, 5) is 0. The van der Waals surface area contributed by atoms with Crippen molar-refractivity contribution in [3.63, 3.8) is 0 Å². The zero-order chi connectivity index (χ0) is 23.9. The maximum atomic E-state index is 3.45. The quantitative estimate of drug-likeness (QED) is 0.330. The van der Waals surface area contributed by atoms with Crippen LogP contribution in [0.4, 0.5) is 0 Å². The van der Waals surface area contributed by atoms with Crippen molar-refractivity contribution in [1.29, 1.82) is 0 Å². The topological polar surface area (TPSA) is 0 Å². The molecule has 0 fully saturated rings. The van der Waals surface area contributed by atoms with Crippen molar-refractivity contribution in [3.8, 4) is 11.1 Å². The zero-order valence-corrected chi connectivity index (χ0v) is 26.2. The molecule has 1 aliphatic carbocycles. The Balaban J connectivity index is 0.000000533. The van der Waals surface area contributed by atoms with Gasteiger partial charge in [0, 0.05) is 0 Å². The molecule has 0 unspecified atom stereocenters. The first-order chi connectivity index (χ1) is 15.0. The standard InChI is InChI=1S/C15H13.C13H21.C3H6.2ClH.Zr/c1-10-3-5-14-12(7-10)9-13-8-11(2)4-6-15(13)14;1-5-6-7-11-8-9-12(10-11)13(2,3)4;1-3-2;;;/h3-7H,9H2,1-2H3;8-10H,5-7H2,1-4H3;1-2H3;2*1H;/q2*-1;;;;+2/p-2. The number of rotatable bonds is 3. The number of halogens is 2. The SMILES string of the molecule is CCCCc1cc(C(C)(C)C)c[cH-]1.C[C](C)=[Zr+2].Cc1[c-]c2c(cc1)-c1ccc(C)cc1C2.[Cl-].[Cl-]. The second-order valence-corrected chi connectivity index (χ2v) is 12.7. The van der Waals surface area contributed by atoms with Crippen LogP contribution < -0.4 is 24.8 Å². The summed E-state index contributed by atoms with van der Waals surface area (Å²) in [5, 5.41) is 0. The Bertz CT molecular complexity index is 984. The smallest absolute Gasteiger partial charge is 0.0253 e. The molecule has 0 nitrogen and oxygen atoms in total. The van der Waals surface area contributed by atoms with Crippen molar-refractivity contribution >= 4 is 3.21 Å². The zero-order valence-electron chi connectivity index (χ0n) is 22.2. The molecule has 0 saturated carbocycles. The summed E-state index contributed by atoms with van der Waals surface area (Å²) in [6.45, 7) is 17.6. The van der Waals surface area contributed by atoms with Gasteiger partial charge < -0.3 is 24.8 Å². The Hall–Kier alpha value is -0.877. The van der Waals surface area contributed by atoms with E-state index in [4.69, 9.17) is 0 Å². The van der Waals surface area contributed by atoms with Crippen molar-refractivity contribution < 1.29 is 49.0 Å². The van der Waals surface area contributed by atoms with Crippen molar-refractivity contribution in [2.45, 2.75) is 86.5 Å². The predicted molar refractivity (Wildman–Crippen MR) is 139 cm³/mol. The third-order valence-electron chi connectivity index (χ3n) is 5.59. The van der Waals surface area contributed by atoms with E-state index in [0.29, 0.717) is 5.41 Å². The van der Waals surface area contributed by atoms with Gasteiger partial charge in [-0.05, 0) is 18.9 Å². The molecule has 0 N–H and O–H groups in total. The molecule has 3 aromatic rings. The average molecular weight is 575 g/mol. The van der Waals surface area contributed by atoms with Crippen LogP contribution in [-0.4, -0.2) is 3.21 Å². The van der Waals surface area contributed by atoms with Gasteiger partial charge in [-0.3, -0.25) is 0 Å². The summed E-state index contributed by atoms with van der Waals surface area (Å²) >= 11 is 1.55. The molecule has 0 saturated heterocycles. The number of hydrogen-bond acceptors (Lipinski definition) is 0. The van der Waals surface area contributed by atoms with Gasteiger partial charge in [-0.25, -0.2) is 6.07 Å². The first kappa shape index (κ1) is 33.1. The molecule has 0 amide bonds. The Morgan fingerprint density at radius 3 is 2.18 bits per heavy atom. The van der Waals surface area contributed by atoms with E-state index in [2.05, 4.69) is 110 Å². The van der Waals surface area contributed by atoms with Crippen molar-refractivity contribution in [2.24, 2.45) is 0 Å². The molecule has 3 aromatic carbocycles. The summed E-state index contributed by atoms with van der Waals surface area (Å²) < 4.78 is 1.51. The number of hydrogen-bond donors (Lipinski definition) is 0. The van der Waals surface area contributed by atoms with Crippen LogP contribution in [0.15, 0.2) is 48.5 Å². The van der Waals surface area contributed by atoms with Crippen LogP contribution in [0, 0.1) is 19.9 Å². The number of benzene rings is 2. The van der Waals surface area contributed by atoms with E-state index in [1.807, 2.05) is 0 Å². The van der Waals surface area contributed by atoms with Gasteiger partial charge in [-0.15, -0.1) is 11.1 Å². The summed E-state index contributed by atoms with van der Waals surface area (Å²) in [5.74, 6) is 0. The van der Waals surface area contributed by atoms with Gasteiger partial charge in [0.15, 0.2) is 0 Å². The molecule has 0 heterocycles. The van der Waals surface area contributed by atoms with Crippen LogP contribution in [-0.2, 0) is 42.5 Å². The van der Waals surface area contributed by atoms with Gasteiger partial charge in [0.05, 0.1) is 0 Å². The fraction of sp³-hybridized carbons (Fsp3) is 0.419. The third-order valence-corrected chi connectivity index (χ3v) is 5.59. The monoisotopic (exact) mass is 572 g/mol. The molecule has 0 bridgehead atoms. The summed E-state index contributed by atoms with van der Waals surface area (Å²) in [7, 11) is 0. The van der Waals surface area contributed by atoms with E-state index in [-0.39, 0.29) is 24.8 Å². The van der Waals surface area contributed by atoms with Gasteiger partial charge in [0.1, 0.15) is 0 Å². The third kappa shape index (κ3) is 10.4. The number of unbranched alkanes of at least 4 members (excludes halogenated alkanes) is 1. The van der Waals surface area contributed by atoms with E-state index in [0.717, 1.165) is 6.42 Å². The summed E-state index contributed by atoms with van der Waals surface area (Å²) in [6.07, 6.45) is 4.89. The summed E-state index contributed by atoms with van der Waals surface area (Å²) in [6, 6.07) is 21.4. The van der Waals surface area contributed by atoms with Crippen LogP contribution in [0.2, 0.25) is 0 Å². The second-order valence-electron chi connectivity index (χ2n) is 10.2. The molecule has 34 heavy (non-hydrogen) atoms. The predicted octanol–water partition coefficient (Wildman–Crippen LogP) is 2.47. The molecule has 3 heteroatoms. The van der Waals surface area contributed by atoms with Crippen LogP contribution in [0.1, 0.15) is 87.8 Å². The van der Waals surface area contributed by atoms with Gasteiger partial charge >= 0.3 is 41.3 Å². The van der Waals surface area contributed by atoms with E-state index < -0.39 is 0 Å². The number of aryl methyl sites for hydroxylation is 3. The Kier molecular flexibility index (Phi) is 14.9. The first-order valence-electron chi connectivity index (χ1n) is 11.9. The van der Waals surface area contributed by atoms with Crippen LogP contribution in [0.3, 0.4) is 0 Å². The minimum atomic E-state index is 0. The molecule has 4 rings (SSSR count). The van der Waals surface area contributed by atoms with E-state index in [1.54, 1.807) is 24.2 Å². The molecule has 1 aliphatic rings. The van der Waals surface area contributed by atoms with Crippen LogP contribution >= 0.6 is 0 Å². The molecule has 0 spiro atoms. The van der Waals surface area contributed by atoms with E-state index in [9.17, 15) is 0 Å². The van der Waals surface area contributed by atoms with Gasteiger partial charge in [-0.2, -0.15) is 47.0 Å². The molecule has 0 atom stereocenters. The van der Waals surface area contributed by atoms with E-state index in [1.165, 1.54) is 67.0 Å². The van der Waals surface area contributed by atoms with Crippen molar-refractivity contribution in [3.05, 3.63) is 88.0 Å². The molecule has 0 aliphatic heterocycles. The molecule has 184 valence electrons. The Morgan fingerprint density at radius 1 is 1.00 bits per heavy atom. The van der Waals surface area contributed by atoms with Crippen molar-refractivity contribution in [1.82, 2.24) is 0 Å². The van der Waals surface area contributed by atoms with Gasteiger partial charge in [-0.1, -0.05) is 88.6 Å². The van der Waals surface area contributed by atoms with E-state index >= 15 is 0 Å². The van der Waals surface area contributed by atoms with Gasteiger partial charge in [0.2, 0.25) is 0 Å². The maximum Gasteiger partial charge on any atom is -0.0253 e. The minimum Gasteiger partial charge on any atom is -1.00 e. The maximum absolute atomic E-state index is 3.45. The molecule has 0 aromatic heterocycles.